The van der Waals surface area contributed by atoms with Crippen molar-refractivity contribution in [1.82, 2.24) is 0 Å². The molecular weight excluding hydrogens is 164 g/mol. The quantitative estimate of drug-likeness (QED) is 0.499. The molecule has 0 aromatic rings. The van der Waals surface area contributed by atoms with Gasteiger partial charge in [-0.15, -0.1) is 0 Å². The van der Waals surface area contributed by atoms with Crippen LogP contribution in [0.1, 0.15) is 33.1 Å². The molecule has 0 unspecified atom stereocenters. The van der Waals surface area contributed by atoms with E-state index in [0.717, 1.165) is 4.83 Å². The van der Waals surface area contributed by atoms with Crippen LogP contribution in [0, 0.1) is 5.41 Å². The second-order valence-corrected chi connectivity index (χ2v) is 4.80. The zero-order valence-corrected chi connectivity index (χ0v) is 7.16. The Labute approximate surface area is 59.8 Å². The molecular formula is C7H13Br. The number of hydrogen-bond donors (Lipinski definition) is 0. The van der Waals surface area contributed by atoms with Crippen molar-refractivity contribution in [3.05, 3.63) is 0 Å². The van der Waals surface area contributed by atoms with Crippen molar-refractivity contribution in [3.8, 4) is 0 Å². The maximum Gasteiger partial charge on any atom is 0.0151 e. The highest BCUT2D eigenvalue weighted by Crippen LogP contribution is 2.40. The number of alkyl halides is 1. The van der Waals surface area contributed by atoms with Crippen molar-refractivity contribution in [1.29, 1.82) is 0 Å². The lowest BCUT2D eigenvalue weighted by atomic mass is 9.92. The van der Waals surface area contributed by atoms with E-state index in [2.05, 4.69) is 29.8 Å². The Morgan fingerprint density at radius 1 is 1.50 bits per heavy atom. The van der Waals surface area contributed by atoms with Gasteiger partial charge in [0.05, 0.1) is 0 Å². The molecule has 1 atom stereocenters. The minimum absolute atomic E-state index is 0.619. The fraction of sp³-hybridized carbons (Fsp3) is 1.00. The van der Waals surface area contributed by atoms with Gasteiger partial charge in [-0.1, -0.05) is 29.8 Å². The number of halogens is 1. The third kappa shape index (κ3) is 1.48. The van der Waals surface area contributed by atoms with Gasteiger partial charge in [0.25, 0.3) is 0 Å². The smallest absolute Gasteiger partial charge is 0.0151 e. The Morgan fingerprint density at radius 2 is 2.12 bits per heavy atom. The first-order valence-corrected chi connectivity index (χ1v) is 4.16. The minimum atomic E-state index is 0.619. The number of rotatable bonds is 0. The normalized spacial score (nSPS) is 35.6. The second kappa shape index (κ2) is 2.02. The summed E-state index contributed by atoms with van der Waals surface area (Å²) in [4.78, 5) is 0.803. The predicted molar refractivity (Wildman–Crippen MR) is 40.3 cm³/mol. The largest absolute Gasteiger partial charge is 0.0890 e. The van der Waals surface area contributed by atoms with E-state index in [1.165, 1.54) is 19.3 Å². The summed E-state index contributed by atoms with van der Waals surface area (Å²) in [5.41, 5.74) is 0.619. The van der Waals surface area contributed by atoms with Crippen LogP contribution in [0.4, 0.5) is 0 Å². The molecule has 1 aliphatic carbocycles. The van der Waals surface area contributed by atoms with Gasteiger partial charge >= 0.3 is 0 Å². The Hall–Kier alpha value is 0.480. The van der Waals surface area contributed by atoms with E-state index in [1.807, 2.05) is 0 Å². The van der Waals surface area contributed by atoms with Gasteiger partial charge in [-0.05, 0) is 24.7 Å². The summed E-state index contributed by atoms with van der Waals surface area (Å²) >= 11 is 3.61. The molecule has 1 rings (SSSR count). The van der Waals surface area contributed by atoms with Gasteiger partial charge in [-0.25, -0.2) is 0 Å². The van der Waals surface area contributed by atoms with Gasteiger partial charge in [0, 0.05) is 4.83 Å². The molecule has 1 aliphatic rings. The maximum absolute atomic E-state index is 3.61. The first kappa shape index (κ1) is 6.60. The van der Waals surface area contributed by atoms with E-state index >= 15 is 0 Å². The Bertz CT molecular complexity index is 86.4. The molecule has 0 aromatic heterocycles. The fourth-order valence-electron chi connectivity index (χ4n) is 1.35. The van der Waals surface area contributed by atoms with Crippen molar-refractivity contribution in [2.75, 3.05) is 0 Å². The van der Waals surface area contributed by atoms with Crippen LogP contribution in [-0.4, -0.2) is 4.83 Å². The standard InChI is InChI=1S/C7H13Br/c1-7(2)4-3-6(8)5-7/h6H,3-5H2,1-2H3/t6-/m1/s1. The molecule has 0 N–H and O–H groups in total. The molecule has 0 aliphatic heterocycles. The van der Waals surface area contributed by atoms with Crippen molar-refractivity contribution in [3.63, 3.8) is 0 Å². The van der Waals surface area contributed by atoms with Gasteiger partial charge < -0.3 is 0 Å². The summed E-state index contributed by atoms with van der Waals surface area (Å²) in [5.74, 6) is 0. The Morgan fingerprint density at radius 3 is 2.25 bits per heavy atom. The molecule has 1 fully saturated rings. The van der Waals surface area contributed by atoms with Crippen molar-refractivity contribution in [2.45, 2.75) is 37.9 Å². The summed E-state index contributed by atoms with van der Waals surface area (Å²) in [5, 5.41) is 0. The van der Waals surface area contributed by atoms with Crippen molar-refractivity contribution < 1.29 is 0 Å². The highest BCUT2D eigenvalue weighted by molar-refractivity contribution is 9.09. The topological polar surface area (TPSA) is 0 Å². The van der Waals surface area contributed by atoms with Gasteiger partial charge in [0.15, 0.2) is 0 Å². The summed E-state index contributed by atoms with van der Waals surface area (Å²) in [7, 11) is 0. The lowest BCUT2D eigenvalue weighted by Crippen LogP contribution is -2.04. The van der Waals surface area contributed by atoms with E-state index in [0.29, 0.717) is 5.41 Å². The van der Waals surface area contributed by atoms with Crippen LogP contribution >= 0.6 is 15.9 Å². The van der Waals surface area contributed by atoms with Gasteiger partial charge in [0.1, 0.15) is 0 Å². The molecule has 8 heavy (non-hydrogen) atoms. The SMILES string of the molecule is CC1(C)CC[C@@H](Br)C1. The molecule has 48 valence electrons. The van der Waals surface area contributed by atoms with E-state index in [9.17, 15) is 0 Å². The first-order chi connectivity index (χ1) is 3.60. The maximum atomic E-state index is 3.61. The zero-order valence-electron chi connectivity index (χ0n) is 5.58. The molecule has 0 aromatic carbocycles. The first-order valence-electron chi connectivity index (χ1n) is 3.24. The van der Waals surface area contributed by atoms with E-state index in [1.54, 1.807) is 0 Å². The van der Waals surface area contributed by atoms with Crippen LogP contribution in [0.5, 0.6) is 0 Å². The van der Waals surface area contributed by atoms with E-state index < -0.39 is 0 Å². The third-order valence-electron chi connectivity index (χ3n) is 1.91. The minimum Gasteiger partial charge on any atom is -0.0890 e. The van der Waals surface area contributed by atoms with Crippen LogP contribution in [0.3, 0.4) is 0 Å². The zero-order chi connectivity index (χ0) is 6.20. The molecule has 0 saturated heterocycles. The molecule has 1 heteroatoms. The van der Waals surface area contributed by atoms with Crippen molar-refractivity contribution in [2.24, 2.45) is 5.41 Å². The van der Waals surface area contributed by atoms with Crippen LogP contribution in [0.2, 0.25) is 0 Å². The van der Waals surface area contributed by atoms with Gasteiger partial charge in [-0.2, -0.15) is 0 Å². The summed E-state index contributed by atoms with van der Waals surface area (Å²) in [6.45, 7) is 4.68. The van der Waals surface area contributed by atoms with Gasteiger partial charge in [-0.3, -0.25) is 0 Å². The molecule has 1 saturated carbocycles. The third-order valence-corrected chi connectivity index (χ3v) is 2.69. The lowest BCUT2D eigenvalue weighted by molar-refractivity contribution is 0.384. The molecule has 0 radical (unpaired) electrons. The Kier molecular flexibility index (Phi) is 1.66. The second-order valence-electron chi connectivity index (χ2n) is 3.50. The predicted octanol–water partition coefficient (Wildman–Crippen LogP) is 2.96. The highest BCUT2D eigenvalue weighted by Gasteiger charge is 2.28. The van der Waals surface area contributed by atoms with Crippen LogP contribution in [0.25, 0.3) is 0 Å². The van der Waals surface area contributed by atoms with Crippen LogP contribution in [0.15, 0.2) is 0 Å². The van der Waals surface area contributed by atoms with Gasteiger partial charge in [0.2, 0.25) is 0 Å². The van der Waals surface area contributed by atoms with Crippen LogP contribution < -0.4 is 0 Å². The molecule has 0 amide bonds. The molecule has 0 nitrogen and oxygen atoms in total. The molecule has 0 spiro atoms. The van der Waals surface area contributed by atoms with Crippen molar-refractivity contribution >= 4 is 15.9 Å². The molecule has 0 heterocycles. The summed E-state index contributed by atoms with van der Waals surface area (Å²) in [6, 6.07) is 0. The summed E-state index contributed by atoms with van der Waals surface area (Å²) < 4.78 is 0. The molecule has 0 bridgehead atoms. The average molecular weight is 177 g/mol. The monoisotopic (exact) mass is 176 g/mol. The van der Waals surface area contributed by atoms with E-state index in [4.69, 9.17) is 0 Å². The van der Waals surface area contributed by atoms with Crippen LogP contribution in [-0.2, 0) is 0 Å². The summed E-state index contributed by atoms with van der Waals surface area (Å²) in [6.07, 6.45) is 4.11. The number of hydrogen-bond acceptors (Lipinski definition) is 0. The highest BCUT2D eigenvalue weighted by atomic mass is 79.9. The van der Waals surface area contributed by atoms with E-state index in [-0.39, 0.29) is 0 Å². The Balaban J connectivity index is 2.44. The average Bonchev–Trinajstić information content (AvgIpc) is 1.82. The fourth-order valence-corrected chi connectivity index (χ4v) is 2.46. The lowest BCUT2D eigenvalue weighted by Gasteiger charge is -2.14.